The summed E-state index contributed by atoms with van der Waals surface area (Å²) in [4.78, 5) is 20.5. The van der Waals surface area contributed by atoms with Crippen LogP contribution < -0.4 is 10.6 Å². The number of rotatable bonds is 4. The third-order valence-corrected chi connectivity index (χ3v) is 4.16. The molecule has 0 saturated carbocycles. The van der Waals surface area contributed by atoms with Crippen molar-refractivity contribution in [2.75, 3.05) is 31.1 Å². The average Bonchev–Trinajstić information content (AvgIpc) is 2.85. The molecule has 6 nitrogen and oxygen atoms in total. The number of carbonyl (C=O) groups is 1. The van der Waals surface area contributed by atoms with E-state index in [2.05, 4.69) is 14.3 Å². The normalized spacial score (nSPS) is 16.8. The third kappa shape index (κ3) is 4.04. The maximum Gasteiger partial charge on any atom is 0.239 e. The monoisotopic (exact) mass is 319 g/mol. The lowest BCUT2D eigenvalue weighted by Gasteiger charge is -2.35. The molecule has 1 saturated heterocycles. The molecule has 8 heteroatoms. The van der Waals surface area contributed by atoms with Crippen LogP contribution in [0.5, 0.6) is 0 Å². The van der Waals surface area contributed by atoms with Crippen LogP contribution in [0.15, 0.2) is 0 Å². The number of carbonyl (C=O) groups excluding carboxylic acids is 1. The van der Waals surface area contributed by atoms with Crippen molar-refractivity contribution in [1.29, 1.82) is 0 Å². The number of nitrogens with zero attached hydrogens (tertiary/aromatic N) is 4. The molecule has 1 unspecified atom stereocenters. The molecular weight excluding hydrogens is 298 g/mol. The SMILES string of the molecule is CCCC(N)C(=O)N1CCN(c2nc(C)ns2)CC1.Cl. The molecule has 2 heterocycles. The highest BCUT2D eigenvalue weighted by Gasteiger charge is 2.25. The smallest absolute Gasteiger partial charge is 0.239 e. The van der Waals surface area contributed by atoms with E-state index in [0.29, 0.717) is 0 Å². The maximum atomic E-state index is 12.1. The van der Waals surface area contributed by atoms with Crippen molar-refractivity contribution in [2.45, 2.75) is 32.7 Å². The molecule has 2 N–H and O–H groups in total. The van der Waals surface area contributed by atoms with Gasteiger partial charge in [0.2, 0.25) is 11.0 Å². The van der Waals surface area contributed by atoms with E-state index in [-0.39, 0.29) is 24.4 Å². The summed E-state index contributed by atoms with van der Waals surface area (Å²) in [6.07, 6.45) is 1.70. The van der Waals surface area contributed by atoms with Crippen LogP contribution in [-0.2, 0) is 4.79 Å². The molecule has 1 aliphatic rings. The maximum absolute atomic E-state index is 12.1. The van der Waals surface area contributed by atoms with Gasteiger partial charge >= 0.3 is 0 Å². The Hall–Kier alpha value is -0.920. The Bertz CT molecular complexity index is 433. The van der Waals surface area contributed by atoms with E-state index in [4.69, 9.17) is 5.73 Å². The van der Waals surface area contributed by atoms with Crippen molar-refractivity contribution in [1.82, 2.24) is 14.3 Å². The highest BCUT2D eigenvalue weighted by atomic mass is 35.5. The molecule has 1 aromatic rings. The molecule has 1 aromatic heterocycles. The summed E-state index contributed by atoms with van der Waals surface area (Å²) in [7, 11) is 0. The van der Waals surface area contributed by atoms with Crippen LogP contribution in [0.1, 0.15) is 25.6 Å². The molecule has 1 atom stereocenters. The molecule has 1 aliphatic heterocycles. The number of halogens is 1. The Morgan fingerprint density at radius 2 is 2.05 bits per heavy atom. The number of aromatic nitrogens is 2. The van der Waals surface area contributed by atoms with Gasteiger partial charge in [0, 0.05) is 37.7 Å². The first-order valence-corrected chi connectivity index (χ1v) is 7.48. The second kappa shape index (κ2) is 7.75. The standard InChI is InChI=1S/C12H21N5OS.ClH/c1-3-4-10(13)11(18)16-5-7-17(8-6-16)12-14-9(2)15-19-12;/h10H,3-8,13H2,1-2H3;1H. The highest BCUT2D eigenvalue weighted by molar-refractivity contribution is 7.09. The summed E-state index contributed by atoms with van der Waals surface area (Å²) < 4.78 is 4.19. The second-order valence-corrected chi connectivity index (χ2v) is 5.56. The fraction of sp³-hybridized carbons (Fsp3) is 0.750. The molecule has 20 heavy (non-hydrogen) atoms. The number of hydrogen-bond donors (Lipinski definition) is 1. The summed E-state index contributed by atoms with van der Waals surface area (Å²) in [5.41, 5.74) is 5.88. The molecule has 0 radical (unpaired) electrons. The van der Waals surface area contributed by atoms with Crippen LogP contribution in [0, 0.1) is 6.92 Å². The lowest BCUT2D eigenvalue weighted by atomic mass is 10.1. The first kappa shape index (κ1) is 17.1. The van der Waals surface area contributed by atoms with Crippen LogP contribution in [0.4, 0.5) is 5.13 Å². The average molecular weight is 320 g/mol. The number of hydrogen-bond acceptors (Lipinski definition) is 6. The minimum Gasteiger partial charge on any atom is -0.343 e. The van der Waals surface area contributed by atoms with Gasteiger partial charge in [0.1, 0.15) is 5.82 Å². The van der Waals surface area contributed by atoms with E-state index >= 15 is 0 Å². The predicted octanol–water partition coefficient (Wildman–Crippen LogP) is 1.04. The Kier molecular flexibility index (Phi) is 6.64. The van der Waals surface area contributed by atoms with Gasteiger partial charge in [-0.2, -0.15) is 4.37 Å². The number of nitrogens with two attached hydrogens (primary N) is 1. The van der Waals surface area contributed by atoms with E-state index in [9.17, 15) is 4.79 Å². The van der Waals surface area contributed by atoms with Crippen LogP contribution in [-0.4, -0.2) is 52.4 Å². The Labute approximate surface area is 129 Å². The van der Waals surface area contributed by atoms with E-state index in [1.165, 1.54) is 11.5 Å². The largest absolute Gasteiger partial charge is 0.343 e. The zero-order chi connectivity index (χ0) is 13.8. The van der Waals surface area contributed by atoms with Gasteiger partial charge < -0.3 is 15.5 Å². The van der Waals surface area contributed by atoms with E-state index in [1.54, 1.807) is 0 Å². The molecule has 0 spiro atoms. The summed E-state index contributed by atoms with van der Waals surface area (Å²) in [6.45, 7) is 6.98. The fourth-order valence-electron chi connectivity index (χ4n) is 2.20. The molecule has 2 rings (SSSR count). The summed E-state index contributed by atoms with van der Waals surface area (Å²) >= 11 is 1.42. The minimum atomic E-state index is -0.347. The zero-order valence-electron chi connectivity index (χ0n) is 11.9. The van der Waals surface area contributed by atoms with Crippen molar-refractivity contribution in [2.24, 2.45) is 5.73 Å². The van der Waals surface area contributed by atoms with Crippen LogP contribution >= 0.6 is 23.9 Å². The molecule has 1 amide bonds. The van der Waals surface area contributed by atoms with Gasteiger partial charge in [0.15, 0.2) is 0 Å². The minimum absolute atomic E-state index is 0. The third-order valence-electron chi connectivity index (χ3n) is 3.30. The Morgan fingerprint density at radius 3 is 2.55 bits per heavy atom. The molecule has 0 aromatic carbocycles. The Balaban J connectivity index is 0.00000200. The number of anilines is 1. The molecular formula is C12H22ClN5OS. The topological polar surface area (TPSA) is 75.4 Å². The first-order valence-electron chi connectivity index (χ1n) is 6.71. The van der Waals surface area contributed by atoms with Gasteiger partial charge in [-0.05, 0) is 13.3 Å². The molecule has 0 bridgehead atoms. The predicted molar refractivity (Wildman–Crippen MR) is 83.6 cm³/mol. The van der Waals surface area contributed by atoms with Crippen molar-refractivity contribution in [3.05, 3.63) is 5.82 Å². The lowest BCUT2D eigenvalue weighted by molar-refractivity contribution is -0.133. The number of aryl methyl sites for hydroxylation is 1. The zero-order valence-corrected chi connectivity index (χ0v) is 13.5. The highest BCUT2D eigenvalue weighted by Crippen LogP contribution is 2.18. The summed E-state index contributed by atoms with van der Waals surface area (Å²) in [5, 5.41) is 0.947. The number of amides is 1. The van der Waals surface area contributed by atoms with Gasteiger partial charge in [-0.1, -0.05) is 13.3 Å². The van der Waals surface area contributed by atoms with E-state index < -0.39 is 0 Å². The quantitative estimate of drug-likeness (QED) is 0.897. The van der Waals surface area contributed by atoms with E-state index in [0.717, 1.165) is 50.0 Å². The van der Waals surface area contributed by atoms with Gasteiger partial charge in [0.05, 0.1) is 6.04 Å². The van der Waals surface area contributed by atoms with Gasteiger partial charge in [0.25, 0.3) is 0 Å². The molecule has 0 aliphatic carbocycles. The lowest BCUT2D eigenvalue weighted by Crippen LogP contribution is -2.53. The van der Waals surface area contributed by atoms with Crippen LogP contribution in [0.3, 0.4) is 0 Å². The second-order valence-electron chi connectivity index (χ2n) is 4.83. The molecule has 1 fully saturated rings. The summed E-state index contributed by atoms with van der Waals surface area (Å²) in [5.74, 6) is 0.887. The van der Waals surface area contributed by atoms with Crippen LogP contribution in [0.2, 0.25) is 0 Å². The van der Waals surface area contributed by atoms with Gasteiger partial charge in [-0.3, -0.25) is 4.79 Å². The number of piperazine rings is 1. The van der Waals surface area contributed by atoms with Crippen LogP contribution in [0.25, 0.3) is 0 Å². The Morgan fingerprint density at radius 1 is 1.40 bits per heavy atom. The van der Waals surface area contributed by atoms with Crippen molar-refractivity contribution < 1.29 is 4.79 Å². The first-order chi connectivity index (χ1) is 9.11. The van der Waals surface area contributed by atoms with E-state index in [1.807, 2.05) is 18.7 Å². The van der Waals surface area contributed by atoms with Gasteiger partial charge in [-0.15, -0.1) is 12.4 Å². The summed E-state index contributed by atoms with van der Waals surface area (Å²) in [6, 6.07) is -0.347. The molecule has 114 valence electrons. The fourth-order valence-corrected chi connectivity index (χ4v) is 2.93. The van der Waals surface area contributed by atoms with Crippen molar-refractivity contribution in [3.8, 4) is 0 Å². The van der Waals surface area contributed by atoms with Crippen molar-refractivity contribution in [3.63, 3.8) is 0 Å². The van der Waals surface area contributed by atoms with Gasteiger partial charge in [-0.25, -0.2) is 4.98 Å². The van der Waals surface area contributed by atoms with Crippen molar-refractivity contribution >= 4 is 35.0 Å².